The van der Waals surface area contributed by atoms with E-state index in [4.69, 9.17) is 11.6 Å². The molecule has 0 aliphatic rings. The molecule has 0 saturated heterocycles. The monoisotopic (exact) mass is 295 g/mol. The molecule has 2 nitrogen and oxygen atoms in total. The van der Waals surface area contributed by atoms with E-state index >= 15 is 0 Å². The molecule has 0 aliphatic carbocycles. The number of halogens is 3. The minimum absolute atomic E-state index is 0.0169. The van der Waals surface area contributed by atoms with Crippen LogP contribution in [0.2, 0.25) is 5.02 Å². The van der Waals surface area contributed by atoms with Crippen LogP contribution in [0.1, 0.15) is 28.9 Å². The lowest BCUT2D eigenvalue weighted by Crippen LogP contribution is -2.28. The van der Waals surface area contributed by atoms with E-state index in [1.807, 2.05) is 0 Å². The zero-order valence-electron chi connectivity index (χ0n) is 10.7. The van der Waals surface area contributed by atoms with Gasteiger partial charge in [-0.2, -0.15) is 0 Å². The third-order valence-corrected chi connectivity index (χ3v) is 3.22. The van der Waals surface area contributed by atoms with Crippen LogP contribution in [0.4, 0.5) is 8.78 Å². The second kappa shape index (κ2) is 6.01. The Hall–Kier alpha value is -1.94. The first-order chi connectivity index (χ1) is 9.50. The Balaban J connectivity index is 2.22. The van der Waals surface area contributed by atoms with Crippen LogP contribution in [0, 0.1) is 11.6 Å². The third-order valence-electron chi connectivity index (χ3n) is 2.91. The number of hydrogen-bond donors (Lipinski definition) is 1. The summed E-state index contributed by atoms with van der Waals surface area (Å²) >= 11 is 5.81. The van der Waals surface area contributed by atoms with Gasteiger partial charge in [0.2, 0.25) is 0 Å². The average Bonchev–Trinajstić information content (AvgIpc) is 2.38. The van der Waals surface area contributed by atoms with E-state index in [1.54, 1.807) is 25.1 Å². The van der Waals surface area contributed by atoms with Gasteiger partial charge < -0.3 is 5.32 Å². The number of benzene rings is 2. The number of hydrogen-bond acceptors (Lipinski definition) is 1. The molecule has 5 heteroatoms. The van der Waals surface area contributed by atoms with Gasteiger partial charge in [0.25, 0.3) is 5.91 Å². The lowest BCUT2D eigenvalue weighted by Gasteiger charge is -2.15. The van der Waals surface area contributed by atoms with Crippen LogP contribution in [0.15, 0.2) is 42.5 Å². The van der Waals surface area contributed by atoms with E-state index in [9.17, 15) is 13.6 Å². The number of carbonyl (C=O) groups is 1. The van der Waals surface area contributed by atoms with Gasteiger partial charge in [-0.15, -0.1) is 0 Å². The van der Waals surface area contributed by atoms with Crippen LogP contribution in [0.3, 0.4) is 0 Å². The molecule has 0 aliphatic heterocycles. The molecule has 1 amide bonds. The summed E-state index contributed by atoms with van der Waals surface area (Å²) in [5.74, 6) is -1.82. The summed E-state index contributed by atoms with van der Waals surface area (Å²) in [6, 6.07) is 9.46. The molecule has 20 heavy (non-hydrogen) atoms. The first kappa shape index (κ1) is 14.5. The summed E-state index contributed by atoms with van der Waals surface area (Å²) < 4.78 is 27.2. The van der Waals surface area contributed by atoms with Gasteiger partial charge in [-0.3, -0.25) is 4.79 Å². The van der Waals surface area contributed by atoms with Crippen molar-refractivity contribution in [1.29, 1.82) is 0 Å². The van der Waals surface area contributed by atoms with Gasteiger partial charge in [-0.05, 0) is 25.1 Å². The van der Waals surface area contributed by atoms with Crippen molar-refractivity contribution in [3.8, 4) is 0 Å². The van der Waals surface area contributed by atoms with Gasteiger partial charge in [0.05, 0.1) is 16.6 Å². The van der Waals surface area contributed by atoms with Crippen LogP contribution in [0.5, 0.6) is 0 Å². The highest BCUT2D eigenvalue weighted by Gasteiger charge is 2.19. The Morgan fingerprint density at radius 3 is 2.40 bits per heavy atom. The van der Waals surface area contributed by atoms with Crippen LogP contribution >= 0.6 is 11.6 Å². The van der Waals surface area contributed by atoms with Crippen molar-refractivity contribution in [2.45, 2.75) is 13.0 Å². The van der Waals surface area contributed by atoms with Crippen molar-refractivity contribution < 1.29 is 13.6 Å². The van der Waals surface area contributed by atoms with E-state index < -0.39 is 23.6 Å². The molecule has 0 bridgehead atoms. The van der Waals surface area contributed by atoms with Crippen molar-refractivity contribution in [2.75, 3.05) is 0 Å². The lowest BCUT2D eigenvalue weighted by molar-refractivity contribution is 0.0935. The molecular weight excluding hydrogens is 284 g/mol. The summed E-state index contributed by atoms with van der Waals surface area (Å²) in [6.07, 6.45) is 0. The van der Waals surface area contributed by atoms with Crippen LogP contribution < -0.4 is 5.32 Å². The predicted octanol–water partition coefficient (Wildman–Crippen LogP) is 4.11. The Kier molecular flexibility index (Phi) is 4.35. The van der Waals surface area contributed by atoms with Gasteiger partial charge in [0.15, 0.2) is 0 Å². The highest BCUT2D eigenvalue weighted by Crippen LogP contribution is 2.21. The molecule has 2 aromatic carbocycles. The van der Waals surface area contributed by atoms with E-state index in [-0.39, 0.29) is 10.6 Å². The van der Waals surface area contributed by atoms with Gasteiger partial charge in [0, 0.05) is 5.56 Å². The average molecular weight is 296 g/mol. The minimum Gasteiger partial charge on any atom is -0.345 e. The zero-order chi connectivity index (χ0) is 14.7. The first-order valence-electron chi connectivity index (χ1n) is 6.00. The molecule has 1 N–H and O–H groups in total. The molecule has 0 saturated carbocycles. The van der Waals surface area contributed by atoms with E-state index in [0.717, 1.165) is 6.07 Å². The van der Waals surface area contributed by atoms with Crippen LogP contribution in [-0.2, 0) is 0 Å². The smallest absolute Gasteiger partial charge is 0.256 e. The molecule has 1 atom stereocenters. The fourth-order valence-electron chi connectivity index (χ4n) is 1.89. The molecular formula is C15H12ClF2NO. The second-order valence-corrected chi connectivity index (χ2v) is 4.72. The molecule has 0 unspecified atom stereocenters. The molecule has 2 rings (SSSR count). The Bertz CT molecular complexity index is 625. The highest BCUT2D eigenvalue weighted by molar-refractivity contribution is 6.33. The fraction of sp³-hybridized carbons (Fsp3) is 0.133. The number of rotatable bonds is 3. The first-order valence-corrected chi connectivity index (χ1v) is 6.38. The Morgan fingerprint density at radius 2 is 1.75 bits per heavy atom. The standard InChI is InChI=1S/C15H12ClF2NO/c1-9(10-5-2-3-7-12(10)17)19-15(20)14-11(16)6-4-8-13(14)18/h2-9H,1H3,(H,19,20)/t9-/m0/s1. The fourth-order valence-corrected chi connectivity index (χ4v) is 2.14. The van der Waals surface area contributed by atoms with Gasteiger partial charge in [-0.1, -0.05) is 35.9 Å². The maximum atomic E-state index is 13.6. The van der Waals surface area contributed by atoms with Gasteiger partial charge in [-0.25, -0.2) is 8.78 Å². The summed E-state index contributed by atoms with van der Waals surface area (Å²) in [6.45, 7) is 1.62. The maximum absolute atomic E-state index is 13.6. The quantitative estimate of drug-likeness (QED) is 0.907. The summed E-state index contributed by atoms with van der Waals surface area (Å²) in [4.78, 5) is 12.0. The molecule has 0 radical (unpaired) electrons. The maximum Gasteiger partial charge on any atom is 0.256 e. The molecule has 0 aromatic heterocycles. The Morgan fingerprint density at radius 1 is 1.10 bits per heavy atom. The molecule has 104 valence electrons. The van der Waals surface area contributed by atoms with E-state index in [0.29, 0.717) is 5.56 Å². The molecule has 0 heterocycles. The SMILES string of the molecule is C[C@H](NC(=O)c1c(F)cccc1Cl)c1ccccc1F. The van der Waals surface area contributed by atoms with Crippen LogP contribution in [-0.4, -0.2) is 5.91 Å². The van der Waals surface area contributed by atoms with Gasteiger partial charge >= 0.3 is 0 Å². The third kappa shape index (κ3) is 2.96. The highest BCUT2D eigenvalue weighted by atomic mass is 35.5. The summed E-state index contributed by atoms with van der Waals surface area (Å²) in [7, 11) is 0. The van der Waals surface area contributed by atoms with E-state index in [2.05, 4.69) is 5.32 Å². The largest absolute Gasteiger partial charge is 0.345 e. The molecule has 2 aromatic rings. The van der Waals surface area contributed by atoms with Crippen molar-refractivity contribution in [1.82, 2.24) is 5.32 Å². The predicted molar refractivity (Wildman–Crippen MR) is 73.7 cm³/mol. The topological polar surface area (TPSA) is 29.1 Å². The summed E-state index contributed by atoms with van der Waals surface area (Å²) in [5, 5.41) is 2.55. The van der Waals surface area contributed by atoms with E-state index in [1.165, 1.54) is 18.2 Å². The van der Waals surface area contributed by atoms with Crippen molar-refractivity contribution in [3.63, 3.8) is 0 Å². The van der Waals surface area contributed by atoms with Crippen molar-refractivity contribution >= 4 is 17.5 Å². The molecule has 0 spiro atoms. The Labute approximate surface area is 120 Å². The van der Waals surface area contributed by atoms with Crippen molar-refractivity contribution in [3.05, 3.63) is 70.2 Å². The van der Waals surface area contributed by atoms with Crippen molar-refractivity contribution in [2.24, 2.45) is 0 Å². The normalized spacial score (nSPS) is 12.0. The number of nitrogens with one attached hydrogen (secondary N) is 1. The molecule has 0 fully saturated rings. The van der Waals surface area contributed by atoms with Crippen LogP contribution in [0.25, 0.3) is 0 Å². The van der Waals surface area contributed by atoms with Gasteiger partial charge in [0.1, 0.15) is 11.6 Å². The summed E-state index contributed by atoms with van der Waals surface area (Å²) in [5.41, 5.74) is 0.0886. The second-order valence-electron chi connectivity index (χ2n) is 4.31. The number of carbonyl (C=O) groups excluding carboxylic acids is 1. The minimum atomic E-state index is -0.712. The number of amides is 1. The lowest BCUT2D eigenvalue weighted by atomic mass is 10.1. The zero-order valence-corrected chi connectivity index (χ0v) is 11.4.